The van der Waals surface area contributed by atoms with Crippen LogP contribution in [0, 0.1) is 0 Å². The standard InChI is InChI=1S/C15H12N4O3S/c1-19(15(21)22)12-5-3-9(7-17-12)14-18-10-4-2-8(13(16)20)6-11(10)23-14/h2-7H,1H3,(H2,16,20)(H,21,22). The minimum atomic E-state index is -1.08. The van der Waals surface area contributed by atoms with Gasteiger partial charge in [-0.1, -0.05) is 0 Å². The summed E-state index contributed by atoms with van der Waals surface area (Å²) in [4.78, 5) is 31.8. The Labute approximate surface area is 135 Å². The van der Waals surface area contributed by atoms with Crippen LogP contribution in [0.5, 0.6) is 0 Å². The van der Waals surface area contributed by atoms with Crippen molar-refractivity contribution in [1.29, 1.82) is 0 Å². The molecular weight excluding hydrogens is 316 g/mol. The van der Waals surface area contributed by atoms with Gasteiger partial charge in [-0.2, -0.15) is 0 Å². The van der Waals surface area contributed by atoms with Crippen molar-refractivity contribution in [2.24, 2.45) is 5.73 Å². The second-order valence-corrected chi connectivity index (χ2v) is 5.84. The van der Waals surface area contributed by atoms with E-state index in [4.69, 9.17) is 10.8 Å². The quantitative estimate of drug-likeness (QED) is 0.768. The van der Waals surface area contributed by atoms with E-state index >= 15 is 0 Å². The highest BCUT2D eigenvalue weighted by molar-refractivity contribution is 7.21. The molecule has 7 nitrogen and oxygen atoms in total. The average molecular weight is 328 g/mol. The van der Waals surface area contributed by atoms with Crippen LogP contribution in [-0.4, -0.2) is 34.1 Å². The van der Waals surface area contributed by atoms with Crippen LogP contribution in [0.2, 0.25) is 0 Å². The number of hydrogen-bond donors (Lipinski definition) is 2. The van der Waals surface area contributed by atoms with Crippen molar-refractivity contribution < 1.29 is 14.7 Å². The van der Waals surface area contributed by atoms with Gasteiger partial charge in [-0.05, 0) is 30.3 Å². The van der Waals surface area contributed by atoms with Gasteiger partial charge in [0, 0.05) is 24.4 Å². The Balaban J connectivity index is 1.96. The molecule has 0 atom stereocenters. The van der Waals surface area contributed by atoms with Crippen LogP contribution in [0.4, 0.5) is 10.6 Å². The van der Waals surface area contributed by atoms with Crippen molar-refractivity contribution in [3.05, 3.63) is 42.1 Å². The van der Waals surface area contributed by atoms with Gasteiger partial charge in [-0.15, -0.1) is 11.3 Å². The van der Waals surface area contributed by atoms with E-state index < -0.39 is 12.0 Å². The molecular formula is C15H12N4O3S. The summed E-state index contributed by atoms with van der Waals surface area (Å²) in [7, 11) is 1.42. The molecule has 0 aliphatic heterocycles. The highest BCUT2D eigenvalue weighted by Gasteiger charge is 2.12. The van der Waals surface area contributed by atoms with Gasteiger partial charge in [0.1, 0.15) is 10.8 Å². The molecule has 2 amide bonds. The van der Waals surface area contributed by atoms with Crippen molar-refractivity contribution in [1.82, 2.24) is 9.97 Å². The molecule has 0 aliphatic rings. The third-order valence-corrected chi connectivity index (χ3v) is 4.37. The maximum Gasteiger partial charge on any atom is 0.412 e. The Morgan fingerprint density at radius 3 is 2.65 bits per heavy atom. The van der Waals surface area contributed by atoms with E-state index in [1.165, 1.54) is 18.4 Å². The van der Waals surface area contributed by atoms with E-state index in [1.807, 2.05) is 0 Å². The molecule has 3 N–H and O–H groups in total. The van der Waals surface area contributed by atoms with E-state index in [2.05, 4.69) is 9.97 Å². The predicted octanol–water partition coefficient (Wildman–Crippen LogP) is 2.57. The monoisotopic (exact) mass is 328 g/mol. The third kappa shape index (κ3) is 2.84. The maximum atomic E-state index is 11.2. The number of rotatable bonds is 3. The summed E-state index contributed by atoms with van der Waals surface area (Å²) in [5.74, 6) is -0.150. The number of carbonyl (C=O) groups is 2. The number of nitrogens with zero attached hydrogens (tertiary/aromatic N) is 3. The van der Waals surface area contributed by atoms with Gasteiger partial charge in [-0.3, -0.25) is 9.69 Å². The first-order chi connectivity index (χ1) is 11.0. The molecule has 0 saturated heterocycles. The number of carbonyl (C=O) groups excluding carboxylic acids is 1. The molecule has 0 fully saturated rings. The Bertz CT molecular complexity index is 905. The SMILES string of the molecule is CN(C(=O)O)c1ccc(-c2nc3ccc(C(N)=O)cc3s2)cn1. The first-order valence-corrected chi connectivity index (χ1v) is 7.41. The zero-order valence-corrected chi connectivity index (χ0v) is 12.9. The van der Waals surface area contributed by atoms with Crippen LogP contribution in [0.1, 0.15) is 10.4 Å². The molecule has 2 heterocycles. The number of amides is 2. The van der Waals surface area contributed by atoms with E-state index in [9.17, 15) is 9.59 Å². The minimum absolute atomic E-state index is 0.332. The third-order valence-electron chi connectivity index (χ3n) is 3.30. The van der Waals surface area contributed by atoms with Gasteiger partial charge in [0.15, 0.2) is 0 Å². The van der Waals surface area contributed by atoms with Crippen LogP contribution in [-0.2, 0) is 0 Å². The molecule has 8 heteroatoms. The molecule has 2 aromatic heterocycles. The van der Waals surface area contributed by atoms with Crippen molar-refractivity contribution in [3.8, 4) is 10.6 Å². The molecule has 0 unspecified atom stereocenters. The molecule has 0 radical (unpaired) electrons. The summed E-state index contributed by atoms with van der Waals surface area (Å²) < 4.78 is 0.850. The number of benzene rings is 1. The average Bonchev–Trinajstić information content (AvgIpc) is 2.97. The van der Waals surface area contributed by atoms with Crippen LogP contribution in [0.25, 0.3) is 20.8 Å². The van der Waals surface area contributed by atoms with E-state index in [0.717, 1.165) is 25.7 Å². The second kappa shape index (κ2) is 5.65. The Morgan fingerprint density at radius 1 is 1.26 bits per heavy atom. The molecule has 0 bridgehead atoms. The number of thiazole rings is 1. The van der Waals surface area contributed by atoms with Crippen LogP contribution < -0.4 is 10.6 Å². The van der Waals surface area contributed by atoms with Crippen molar-refractivity contribution >= 4 is 39.4 Å². The predicted molar refractivity (Wildman–Crippen MR) is 87.8 cm³/mol. The topological polar surface area (TPSA) is 109 Å². The number of pyridine rings is 1. The number of nitrogens with two attached hydrogens (primary N) is 1. The summed E-state index contributed by atoms with van der Waals surface area (Å²) >= 11 is 1.41. The Kier molecular flexibility index (Phi) is 3.67. The fourth-order valence-corrected chi connectivity index (χ4v) is 3.01. The fraction of sp³-hybridized carbons (Fsp3) is 0.0667. The number of aromatic nitrogens is 2. The van der Waals surface area contributed by atoms with Crippen molar-refractivity contribution in [2.75, 3.05) is 11.9 Å². The van der Waals surface area contributed by atoms with Crippen molar-refractivity contribution in [3.63, 3.8) is 0 Å². The smallest absolute Gasteiger partial charge is 0.412 e. The van der Waals surface area contributed by atoms with Crippen LogP contribution in [0.3, 0.4) is 0 Å². The molecule has 1 aromatic carbocycles. The van der Waals surface area contributed by atoms with Gasteiger partial charge < -0.3 is 10.8 Å². The fourth-order valence-electron chi connectivity index (χ4n) is 2.01. The molecule has 0 spiro atoms. The Hall–Kier alpha value is -3.00. The number of hydrogen-bond acceptors (Lipinski definition) is 5. The molecule has 116 valence electrons. The van der Waals surface area contributed by atoms with Gasteiger partial charge in [0.2, 0.25) is 5.91 Å². The normalized spacial score (nSPS) is 10.7. The van der Waals surface area contributed by atoms with Crippen molar-refractivity contribution in [2.45, 2.75) is 0 Å². The lowest BCUT2D eigenvalue weighted by molar-refractivity contribution is 0.100. The summed E-state index contributed by atoms with van der Waals surface area (Å²) in [6.45, 7) is 0. The molecule has 3 rings (SSSR count). The first kappa shape index (κ1) is 14.9. The number of carboxylic acid groups (broad SMARTS) is 1. The lowest BCUT2D eigenvalue weighted by atomic mass is 10.2. The zero-order chi connectivity index (χ0) is 16.6. The number of fused-ring (bicyclic) bond motifs is 1. The van der Waals surface area contributed by atoms with Crippen LogP contribution >= 0.6 is 11.3 Å². The number of primary amides is 1. The molecule has 23 heavy (non-hydrogen) atoms. The lowest BCUT2D eigenvalue weighted by Gasteiger charge is -2.11. The summed E-state index contributed by atoms with van der Waals surface area (Å²) in [6.07, 6.45) is 0.491. The van der Waals surface area contributed by atoms with E-state index in [1.54, 1.807) is 36.5 Å². The number of anilines is 1. The largest absolute Gasteiger partial charge is 0.465 e. The maximum absolute atomic E-state index is 11.2. The van der Waals surface area contributed by atoms with Gasteiger partial charge >= 0.3 is 6.09 Å². The van der Waals surface area contributed by atoms with E-state index in [-0.39, 0.29) is 0 Å². The Morgan fingerprint density at radius 2 is 2.04 bits per heavy atom. The summed E-state index contributed by atoms with van der Waals surface area (Å²) in [6, 6.07) is 8.46. The highest BCUT2D eigenvalue weighted by atomic mass is 32.1. The van der Waals surface area contributed by atoms with E-state index in [0.29, 0.717) is 11.4 Å². The molecule has 0 saturated carbocycles. The highest BCUT2D eigenvalue weighted by Crippen LogP contribution is 2.30. The van der Waals surface area contributed by atoms with Gasteiger partial charge in [-0.25, -0.2) is 14.8 Å². The summed E-state index contributed by atoms with van der Waals surface area (Å²) in [5, 5.41) is 9.66. The van der Waals surface area contributed by atoms with Gasteiger partial charge in [0.05, 0.1) is 10.2 Å². The minimum Gasteiger partial charge on any atom is -0.465 e. The second-order valence-electron chi connectivity index (χ2n) is 4.81. The lowest BCUT2D eigenvalue weighted by Crippen LogP contribution is -2.24. The first-order valence-electron chi connectivity index (χ1n) is 6.59. The summed E-state index contributed by atoms with van der Waals surface area (Å²) in [5.41, 5.74) is 7.25. The molecule has 0 aliphatic carbocycles. The van der Waals surface area contributed by atoms with Crippen LogP contribution in [0.15, 0.2) is 36.5 Å². The zero-order valence-electron chi connectivity index (χ0n) is 12.1. The van der Waals surface area contributed by atoms with Gasteiger partial charge in [0.25, 0.3) is 0 Å². The molecule has 3 aromatic rings.